The summed E-state index contributed by atoms with van der Waals surface area (Å²) in [5.41, 5.74) is 7.74. The molecule has 126 valence electrons. The van der Waals surface area contributed by atoms with Crippen LogP contribution in [0.3, 0.4) is 0 Å². The first kappa shape index (κ1) is 25.8. The third-order valence-electron chi connectivity index (χ3n) is 3.30. The molecule has 1 aliphatic rings. The average molecular weight is 380 g/mol. The Kier molecular flexibility index (Phi) is 16.7. The molecule has 4 nitrogen and oxygen atoms in total. The number of para-hydroxylation sites is 2. The van der Waals surface area contributed by atoms with Crippen LogP contribution >= 0.6 is 49.6 Å². The Morgan fingerprint density at radius 2 is 1.57 bits per heavy atom. The van der Waals surface area contributed by atoms with Gasteiger partial charge in [-0.25, -0.2) is 0 Å². The monoisotopic (exact) mass is 378 g/mol. The van der Waals surface area contributed by atoms with Gasteiger partial charge in [-0.3, -0.25) is 4.90 Å². The quantitative estimate of drug-likeness (QED) is 0.789. The van der Waals surface area contributed by atoms with Gasteiger partial charge < -0.3 is 16.0 Å². The fraction of sp³-hybridized carbons (Fsp3) is 0.538. The fourth-order valence-electron chi connectivity index (χ4n) is 2.08. The van der Waals surface area contributed by atoms with E-state index in [1.54, 1.807) is 0 Å². The number of hydrogen-bond donors (Lipinski definition) is 2. The van der Waals surface area contributed by atoms with Crippen LogP contribution in [0.4, 0.5) is 11.4 Å². The molecule has 21 heavy (non-hydrogen) atoms. The largest absolute Gasteiger partial charge is 0.397 e. The molecule has 0 spiro atoms. The van der Waals surface area contributed by atoms with E-state index >= 15 is 0 Å². The van der Waals surface area contributed by atoms with Gasteiger partial charge >= 0.3 is 0 Å². The summed E-state index contributed by atoms with van der Waals surface area (Å²) < 4.78 is 0. The first-order valence-corrected chi connectivity index (χ1v) is 6.25. The average Bonchev–Trinajstić information content (AvgIpc) is 2.34. The van der Waals surface area contributed by atoms with Crippen molar-refractivity contribution in [1.82, 2.24) is 9.80 Å². The molecule has 0 unspecified atom stereocenters. The van der Waals surface area contributed by atoms with Crippen LogP contribution in [0.5, 0.6) is 0 Å². The molecule has 0 radical (unpaired) electrons. The van der Waals surface area contributed by atoms with Gasteiger partial charge in [0.05, 0.1) is 11.4 Å². The highest BCUT2D eigenvalue weighted by atomic mass is 35.5. The van der Waals surface area contributed by atoms with E-state index in [1.807, 2.05) is 24.3 Å². The van der Waals surface area contributed by atoms with Crippen LogP contribution in [-0.4, -0.2) is 56.1 Å². The summed E-state index contributed by atoms with van der Waals surface area (Å²) in [7, 11) is 2.18. The highest BCUT2D eigenvalue weighted by Crippen LogP contribution is 2.16. The Balaban J connectivity index is -0.000000810. The summed E-state index contributed by atoms with van der Waals surface area (Å²) in [6.07, 6.45) is 0. The molecule has 2 rings (SSSR count). The van der Waals surface area contributed by atoms with E-state index in [0.717, 1.165) is 24.5 Å². The fourth-order valence-corrected chi connectivity index (χ4v) is 2.08. The first-order chi connectivity index (χ1) is 8.25. The van der Waals surface area contributed by atoms with Gasteiger partial charge in [-0.15, -0.1) is 49.6 Å². The molecule has 1 aromatic carbocycles. The van der Waals surface area contributed by atoms with E-state index in [2.05, 4.69) is 22.2 Å². The highest BCUT2D eigenvalue weighted by Gasteiger charge is 2.12. The lowest BCUT2D eigenvalue weighted by Gasteiger charge is -2.32. The topological polar surface area (TPSA) is 44.5 Å². The Bertz CT molecular complexity index is 360. The van der Waals surface area contributed by atoms with Crippen LogP contribution < -0.4 is 11.1 Å². The standard InChI is InChI=1S/C13H22N4.4ClH/c1-16-8-10-17(11-9-16)7-6-15-13-5-3-2-4-12(13)14;;;;/h2-5,15H,6-11,14H2,1H3;4*1H. The number of nitrogen functional groups attached to an aromatic ring is 1. The van der Waals surface area contributed by atoms with E-state index in [1.165, 1.54) is 26.2 Å². The maximum Gasteiger partial charge on any atom is 0.0574 e. The van der Waals surface area contributed by atoms with Crippen LogP contribution in [-0.2, 0) is 0 Å². The summed E-state index contributed by atoms with van der Waals surface area (Å²) in [5, 5.41) is 3.39. The van der Waals surface area contributed by atoms with Crippen molar-refractivity contribution in [2.24, 2.45) is 0 Å². The van der Waals surface area contributed by atoms with Gasteiger partial charge in [-0.1, -0.05) is 12.1 Å². The molecule has 3 N–H and O–H groups in total. The molecule has 0 aliphatic carbocycles. The Labute approximate surface area is 152 Å². The third-order valence-corrected chi connectivity index (χ3v) is 3.30. The second-order valence-electron chi connectivity index (χ2n) is 4.66. The van der Waals surface area contributed by atoms with E-state index in [0.29, 0.717) is 0 Å². The second-order valence-corrected chi connectivity index (χ2v) is 4.66. The molecule has 0 amide bonds. The molecule has 0 atom stereocenters. The third kappa shape index (κ3) is 8.81. The number of piperazine rings is 1. The SMILES string of the molecule is CN1CCN(CCNc2ccccc2N)CC1.Cl.Cl.Cl.Cl. The minimum absolute atomic E-state index is 0. The summed E-state index contributed by atoms with van der Waals surface area (Å²) in [6.45, 7) is 6.73. The van der Waals surface area contributed by atoms with Gasteiger partial charge in [0.2, 0.25) is 0 Å². The van der Waals surface area contributed by atoms with Crippen LogP contribution in [0.2, 0.25) is 0 Å². The van der Waals surface area contributed by atoms with Crippen molar-refractivity contribution >= 4 is 61.0 Å². The predicted molar refractivity (Wildman–Crippen MR) is 102 cm³/mol. The van der Waals surface area contributed by atoms with Gasteiger partial charge in [0.25, 0.3) is 0 Å². The van der Waals surface area contributed by atoms with Crippen LogP contribution in [0.1, 0.15) is 0 Å². The zero-order valence-electron chi connectivity index (χ0n) is 12.2. The summed E-state index contributed by atoms with van der Waals surface area (Å²) >= 11 is 0. The van der Waals surface area contributed by atoms with Crippen molar-refractivity contribution in [1.29, 1.82) is 0 Å². The zero-order chi connectivity index (χ0) is 12.1. The second kappa shape index (κ2) is 13.6. The van der Waals surface area contributed by atoms with Crippen molar-refractivity contribution < 1.29 is 0 Å². The molecule has 1 saturated heterocycles. The van der Waals surface area contributed by atoms with Gasteiger partial charge in [-0.05, 0) is 19.2 Å². The van der Waals surface area contributed by atoms with Gasteiger partial charge in [0, 0.05) is 39.3 Å². The number of nitrogens with two attached hydrogens (primary N) is 1. The molecule has 8 heteroatoms. The first-order valence-electron chi connectivity index (χ1n) is 6.25. The summed E-state index contributed by atoms with van der Waals surface area (Å²) in [6, 6.07) is 7.92. The number of likely N-dealkylation sites (N-methyl/N-ethyl adjacent to an activating group) is 1. The van der Waals surface area contributed by atoms with Gasteiger partial charge in [0.15, 0.2) is 0 Å². The Hall–Kier alpha value is -0.100. The van der Waals surface area contributed by atoms with Crippen LogP contribution in [0, 0.1) is 0 Å². The van der Waals surface area contributed by atoms with Crippen molar-refractivity contribution in [2.75, 3.05) is 57.4 Å². The Morgan fingerprint density at radius 3 is 2.14 bits per heavy atom. The summed E-state index contributed by atoms with van der Waals surface area (Å²) in [4.78, 5) is 4.87. The van der Waals surface area contributed by atoms with Crippen LogP contribution in [0.15, 0.2) is 24.3 Å². The van der Waals surface area contributed by atoms with E-state index in [9.17, 15) is 0 Å². The lowest BCUT2D eigenvalue weighted by atomic mass is 10.2. The molecule has 1 aromatic rings. The molecule has 1 aliphatic heterocycles. The minimum Gasteiger partial charge on any atom is -0.397 e. The number of nitrogens with one attached hydrogen (secondary N) is 1. The van der Waals surface area contributed by atoms with Gasteiger partial charge in [0.1, 0.15) is 0 Å². The molecule has 1 heterocycles. The normalized spacial score (nSPS) is 14.7. The molecule has 0 saturated carbocycles. The number of halogens is 4. The van der Waals surface area contributed by atoms with Crippen molar-refractivity contribution in [3.63, 3.8) is 0 Å². The van der Waals surface area contributed by atoms with E-state index < -0.39 is 0 Å². The highest BCUT2D eigenvalue weighted by molar-refractivity contribution is 5.86. The van der Waals surface area contributed by atoms with Crippen molar-refractivity contribution in [2.45, 2.75) is 0 Å². The molecular weight excluding hydrogens is 354 g/mol. The number of anilines is 2. The molecular formula is C13H26Cl4N4. The number of benzene rings is 1. The zero-order valence-corrected chi connectivity index (χ0v) is 15.4. The van der Waals surface area contributed by atoms with E-state index in [4.69, 9.17) is 5.73 Å². The van der Waals surface area contributed by atoms with Crippen LogP contribution in [0.25, 0.3) is 0 Å². The number of nitrogens with zero attached hydrogens (tertiary/aromatic N) is 2. The molecule has 1 fully saturated rings. The molecule has 0 aromatic heterocycles. The Morgan fingerprint density at radius 1 is 1.00 bits per heavy atom. The predicted octanol–water partition coefficient (Wildman–Crippen LogP) is 2.62. The lowest BCUT2D eigenvalue weighted by Crippen LogP contribution is -2.45. The van der Waals surface area contributed by atoms with Gasteiger partial charge in [-0.2, -0.15) is 0 Å². The molecule has 0 bridgehead atoms. The maximum atomic E-state index is 5.88. The summed E-state index contributed by atoms with van der Waals surface area (Å²) in [5.74, 6) is 0. The maximum absolute atomic E-state index is 5.88. The van der Waals surface area contributed by atoms with Crippen molar-refractivity contribution in [3.05, 3.63) is 24.3 Å². The lowest BCUT2D eigenvalue weighted by molar-refractivity contribution is 0.158. The number of hydrogen-bond acceptors (Lipinski definition) is 4. The smallest absolute Gasteiger partial charge is 0.0574 e. The minimum atomic E-state index is 0. The number of rotatable bonds is 4. The van der Waals surface area contributed by atoms with E-state index in [-0.39, 0.29) is 49.6 Å². The van der Waals surface area contributed by atoms with Crippen molar-refractivity contribution in [3.8, 4) is 0 Å².